The quantitative estimate of drug-likeness (QED) is 0.716. The number of hydrogen-bond donors (Lipinski definition) is 2. The van der Waals surface area contributed by atoms with Gasteiger partial charge in [0.25, 0.3) is 11.8 Å². The molecule has 0 aliphatic carbocycles. The first-order valence-corrected chi connectivity index (χ1v) is 8.68. The van der Waals surface area contributed by atoms with Gasteiger partial charge in [0.15, 0.2) is 11.5 Å². The summed E-state index contributed by atoms with van der Waals surface area (Å²) in [6.07, 6.45) is 1.44. The van der Waals surface area contributed by atoms with Crippen molar-refractivity contribution in [1.29, 1.82) is 0 Å². The van der Waals surface area contributed by atoms with Gasteiger partial charge in [-0.2, -0.15) is 0 Å². The topological polar surface area (TPSA) is 89.6 Å². The van der Waals surface area contributed by atoms with E-state index in [1.54, 1.807) is 24.3 Å². The lowest BCUT2D eigenvalue weighted by atomic mass is 10.2. The van der Waals surface area contributed by atoms with Gasteiger partial charge in [-0.05, 0) is 42.0 Å². The summed E-state index contributed by atoms with van der Waals surface area (Å²) in [6.45, 7) is 0.504. The summed E-state index contributed by atoms with van der Waals surface area (Å²) in [5.41, 5.74) is 2.07. The van der Waals surface area contributed by atoms with Crippen LogP contribution in [0.3, 0.4) is 0 Å². The van der Waals surface area contributed by atoms with E-state index in [0.717, 1.165) is 5.56 Å². The van der Waals surface area contributed by atoms with Crippen LogP contribution in [-0.4, -0.2) is 23.6 Å². The van der Waals surface area contributed by atoms with Crippen LogP contribution >= 0.6 is 0 Å². The minimum absolute atomic E-state index is 0.168. The first-order valence-electron chi connectivity index (χ1n) is 8.68. The van der Waals surface area contributed by atoms with Gasteiger partial charge in [-0.1, -0.05) is 24.3 Å². The minimum Gasteiger partial charge on any atom is -0.454 e. The number of ether oxygens (including phenoxy) is 2. The Morgan fingerprint density at radius 3 is 2.61 bits per heavy atom. The Kier molecular flexibility index (Phi) is 4.88. The molecular weight excluding hydrogens is 358 g/mol. The number of pyridine rings is 1. The van der Waals surface area contributed by atoms with Gasteiger partial charge in [0.2, 0.25) is 6.79 Å². The minimum atomic E-state index is -0.368. The number of nitrogens with zero attached hydrogens (tertiary/aromatic N) is 1. The highest BCUT2D eigenvalue weighted by atomic mass is 16.7. The second kappa shape index (κ2) is 7.79. The lowest BCUT2D eigenvalue weighted by Crippen LogP contribution is -2.24. The summed E-state index contributed by atoms with van der Waals surface area (Å²) in [5, 5.41) is 5.57. The normalized spacial score (nSPS) is 11.7. The van der Waals surface area contributed by atoms with Gasteiger partial charge >= 0.3 is 0 Å². The molecule has 0 atom stereocenters. The van der Waals surface area contributed by atoms with E-state index in [-0.39, 0.29) is 24.3 Å². The van der Waals surface area contributed by atoms with Gasteiger partial charge in [0.05, 0.1) is 0 Å². The van der Waals surface area contributed by atoms with Crippen LogP contribution in [0, 0.1) is 0 Å². The van der Waals surface area contributed by atoms with Crippen LogP contribution in [0.5, 0.6) is 11.5 Å². The lowest BCUT2D eigenvalue weighted by molar-refractivity contribution is 0.0946. The van der Waals surface area contributed by atoms with Crippen LogP contribution in [0.4, 0.5) is 5.69 Å². The van der Waals surface area contributed by atoms with Crippen molar-refractivity contribution < 1.29 is 19.1 Å². The van der Waals surface area contributed by atoms with Crippen LogP contribution < -0.4 is 20.1 Å². The fraction of sp³-hybridized carbons (Fsp3) is 0.0952. The van der Waals surface area contributed by atoms with Crippen molar-refractivity contribution in [1.82, 2.24) is 10.3 Å². The fourth-order valence-corrected chi connectivity index (χ4v) is 2.74. The number of anilines is 1. The highest BCUT2D eigenvalue weighted by Crippen LogP contribution is 2.32. The molecule has 1 aliphatic heterocycles. The predicted molar refractivity (Wildman–Crippen MR) is 102 cm³/mol. The maximum absolute atomic E-state index is 12.4. The first kappa shape index (κ1) is 17.5. The molecule has 0 saturated carbocycles. The number of amides is 2. The second-order valence-electron chi connectivity index (χ2n) is 6.12. The molecule has 7 heteroatoms. The molecule has 140 valence electrons. The molecule has 0 radical (unpaired) electrons. The van der Waals surface area contributed by atoms with E-state index in [4.69, 9.17) is 9.47 Å². The third-order valence-corrected chi connectivity index (χ3v) is 4.18. The molecule has 4 rings (SSSR count). The summed E-state index contributed by atoms with van der Waals surface area (Å²) in [6, 6.07) is 17.6. The van der Waals surface area contributed by atoms with Crippen LogP contribution in [0.1, 0.15) is 26.4 Å². The number of aromatic nitrogens is 1. The van der Waals surface area contributed by atoms with Gasteiger partial charge in [-0.3, -0.25) is 14.6 Å². The molecule has 1 aromatic heterocycles. The Balaban J connectivity index is 1.40. The summed E-state index contributed by atoms with van der Waals surface area (Å²) >= 11 is 0. The van der Waals surface area contributed by atoms with E-state index >= 15 is 0 Å². The maximum Gasteiger partial charge on any atom is 0.270 e. The Morgan fingerprint density at radius 2 is 1.75 bits per heavy atom. The van der Waals surface area contributed by atoms with E-state index in [0.29, 0.717) is 29.3 Å². The van der Waals surface area contributed by atoms with Crippen LogP contribution in [-0.2, 0) is 6.54 Å². The Labute approximate surface area is 161 Å². The molecule has 1 aliphatic rings. The molecule has 0 unspecified atom stereocenters. The van der Waals surface area contributed by atoms with E-state index in [9.17, 15) is 9.59 Å². The maximum atomic E-state index is 12.4. The SMILES string of the molecule is O=C(Nc1ccccc1)c1ccnc(C(=O)NCc2ccc3c(c2)OCO3)c1. The number of nitrogens with one attached hydrogen (secondary N) is 2. The molecule has 3 aromatic rings. The van der Waals surface area contributed by atoms with Gasteiger partial charge in [-0.15, -0.1) is 0 Å². The third kappa shape index (κ3) is 3.93. The Bertz CT molecular complexity index is 1020. The summed E-state index contributed by atoms with van der Waals surface area (Å²) in [7, 11) is 0. The molecular formula is C21H17N3O4. The number of carbonyl (C=O) groups excluding carboxylic acids is 2. The smallest absolute Gasteiger partial charge is 0.270 e. The lowest BCUT2D eigenvalue weighted by Gasteiger charge is -2.08. The number of rotatable bonds is 5. The molecule has 2 heterocycles. The standard InChI is InChI=1S/C21H17N3O4/c25-20(24-16-4-2-1-3-5-16)15-8-9-22-17(11-15)21(26)23-12-14-6-7-18-19(10-14)28-13-27-18/h1-11H,12-13H2,(H,23,26)(H,24,25). The molecule has 7 nitrogen and oxygen atoms in total. The number of hydrogen-bond acceptors (Lipinski definition) is 5. The van der Waals surface area contributed by atoms with Crippen LogP contribution in [0.2, 0.25) is 0 Å². The molecule has 2 N–H and O–H groups in total. The zero-order chi connectivity index (χ0) is 19.3. The summed E-state index contributed by atoms with van der Waals surface area (Å²) < 4.78 is 10.6. The number of carbonyl (C=O) groups is 2. The van der Waals surface area contributed by atoms with Gasteiger partial charge < -0.3 is 20.1 Å². The van der Waals surface area contributed by atoms with Crippen molar-refractivity contribution in [2.45, 2.75) is 6.54 Å². The summed E-state index contributed by atoms with van der Waals surface area (Å²) in [4.78, 5) is 28.9. The predicted octanol–water partition coefficient (Wildman–Crippen LogP) is 2.99. The van der Waals surface area contributed by atoms with Crippen molar-refractivity contribution in [2.24, 2.45) is 0 Å². The van der Waals surface area contributed by atoms with E-state index < -0.39 is 0 Å². The largest absolute Gasteiger partial charge is 0.454 e. The molecule has 0 fully saturated rings. The average molecular weight is 375 g/mol. The monoisotopic (exact) mass is 375 g/mol. The van der Waals surface area contributed by atoms with E-state index in [1.807, 2.05) is 30.3 Å². The zero-order valence-electron chi connectivity index (χ0n) is 14.8. The Morgan fingerprint density at radius 1 is 0.929 bits per heavy atom. The highest BCUT2D eigenvalue weighted by molar-refractivity contribution is 6.05. The molecule has 0 saturated heterocycles. The molecule has 0 spiro atoms. The highest BCUT2D eigenvalue weighted by Gasteiger charge is 2.15. The summed E-state index contributed by atoms with van der Waals surface area (Å²) in [5.74, 6) is 0.670. The number of para-hydroxylation sites is 1. The Hall–Kier alpha value is -3.87. The van der Waals surface area contributed by atoms with Gasteiger partial charge in [-0.25, -0.2) is 0 Å². The van der Waals surface area contributed by atoms with Crippen molar-refractivity contribution in [3.05, 3.63) is 83.7 Å². The van der Waals surface area contributed by atoms with Crippen LogP contribution in [0.25, 0.3) is 0 Å². The van der Waals surface area contributed by atoms with Crippen LogP contribution in [0.15, 0.2) is 66.9 Å². The van der Waals surface area contributed by atoms with E-state index in [1.165, 1.54) is 12.3 Å². The molecule has 2 amide bonds. The first-order chi connectivity index (χ1) is 13.7. The second-order valence-corrected chi connectivity index (χ2v) is 6.12. The van der Waals surface area contributed by atoms with Crippen molar-refractivity contribution in [2.75, 3.05) is 12.1 Å². The van der Waals surface area contributed by atoms with Crippen molar-refractivity contribution in [3.8, 4) is 11.5 Å². The molecule has 2 aromatic carbocycles. The third-order valence-electron chi connectivity index (χ3n) is 4.18. The van der Waals surface area contributed by atoms with Crippen molar-refractivity contribution >= 4 is 17.5 Å². The van der Waals surface area contributed by atoms with E-state index in [2.05, 4.69) is 15.6 Å². The number of benzene rings is 2. The number of fused-ring (bicyclic) bond motifs is 1. The molecule has 0 bridgehead atoms. The van der Waals surface area contributed by atoms with Gasteiger partial charge in [0.1, 0.15) is 5.69 Å². The molecule has 28 heavy (non-hydrogen) atoms. The average Bonchev–Trinajstić information content (AvgIpc) is 3.20. The zero-order valence-corrected chi connectivity index (χ0v) is 14.8. The van der Waals surface area contributed by atoms with Gasteiger partial charge in [0, 0.05) is 24.0 Å². The fourth-order valence-electron chi connectivity index (χ4n) is 2.74. The van der Waals surface area contributed by atoms with Crippen molar-refractivity contribution in [3.63, 3.8) is 0 Å².